The van der Waals surface area contributed by atoms with Crippen LogP contribution in [0.15, 0.2) is 30.3 Å². The third-order valence-corrected chi connectivity index (χ3v) is 5.41. The number of carbonyl (C=O) groups is 2. The van der Waals surface area contributed by atoms with Gasteiger partial charge in [-0.1, -0.05) is 30.3 Å². The van der Waals surface area contributed by atoms with E-state index in [0.717, 1.165) is 5.56 Å². The van der Waals surface area contributed by atoms with Gasteiger partial charge in [0.25, 0.3) is 0 Å². The smallest absolute Gasteiger partial charge is 0.245 e. The highest BCUT2D eigenvalue weighted by atomic mass is 32.2. The summed E-state index contributed by atoms with van der Waals surface area (Å²) in [5.74, 6) is 1.30. The fourth-order valence-corrected chi connectivity index (χ4v) is 4.24. The van der Waals surface area contributed by atoms with Crippen molar-refractivity contribution < 1.29 is 9.59 Å². The number of carbonyl (C=O) groups excluding carboxylic acids is 2. The van der Waals surface area contributed by atoms with Crippen LogP contribution in [0.25, 0.3) is 0 Å². The van der Waals surface area contributed by atoms with Crippen LogP contribution in [0.1, 0.15) is 10.8 Å². The quantitative estimate of drug-likeness (QED) is 0.850. The zero-order valence-corrected chi connectivity index (χ0v) is 14.1. The molecule has 2 amide bonds. The minimum Gasteiger partial charge on any atom is -0.347 e. The molecule has 0 N–H and O–H groups in total. The van der Waals surface area contributed by atoms with Crippen molar-refractivity contribution in [2.24, 2.45) is 0 Å². The summed E-state index contributed by atoms with van der Waals surface area (Å²) in [6, 6.07) is 9.40. The van der Waals surface area contributed by atoms with Crippen molar-refractivity contribution in [2.45, 2.75) is 11.3 Å². The summed E-state index contributed by atoms with van der Waals surface area (Å²) < 4.78 is 0. The zero-order valence-electron chi connectivity index (χ0n) is 12.5. The van der Waals surface area contributed by atoms with Gasteiger partial charge in [-0.25, -0.2) is 0 Å². The predicted molar refractivity (Wildman–Crippen MR) is 89.4 cm³/mol. The summed E-state index contributed by atoms with van der Waals surface area (Å²) in [7, 11) is 3.47. The number of hydrogen-bond acceptors (Lipinski definition) is 4. The minimum atomic E-state index is -0.337. The standard InChI is InChI=1S/C15H20N2O2S2/c1-16(2)14(18)12-9-21-10-17(12)15(19)13(20-3)11-7-5-4-6-8-11/h4-8,12-13H,9-10H2,1-3H3. The van der Waals surface area contributed by atoms with Crippen LogP contribution in [0.3, 0.4) is 0 Å². The molecular weight excluding hydrogens is 304 g/mol. The second-order valence-electron chi connectivity index (χ2n) is 5.08. The second-order valence-corrected chi connectivity index (χ2v) is 7.03. The lowest BCUT2D eigenvalue weighted by Crippen LogP contribution is -2.47. The Bertz CT molecular complexity index is 508. The van der Waals surface area contributed by atoms with Crippen molar-refractivity contribution in [1.29, 1.82) is 0 Å². The highest BCUT2D eigenvalue weighted by Crippen LogP contribution is 2.33. The van der Waals surface area contributed by atoms with Crippen LogP contribution >= 0.6 is 23.5 Å². The Hall–Kier alpha value is -1.14. The summed E-state index contributed by atoms with van der Waals surface area (Å²) in [5.41, 5.74) is 0.989. The molecule has 0 spiro atoms. The van der Waals surface area contributed by atoms with E-state index in [2.05, 4.69) is 0 Å². The van der Waals surface area contributed by atoms with E-state index in [1.807, 2.05) is 36.6 Å². The van der Waals surface area contributed by atoms with Gasteiger partial charge in [0.1, 0.15) is 11.3 Å². The molecule has 2 unspecified atom stereocenters. The Balaban J connectivity index is 2.19. The fraction of sp³-hybridized carbons (Fsp3) is 0.467. The molecule has 114 valence electrons. The summed E-state index contributed by atoms with van der Waals surface area (Å²) in [4.78, 5) is 28.3. The summed E-state index contributed by atoms with van der Waals surface area (Å²) >= 11 is 3.15. The number of amides is 2. The third-order valence-electron chi connectivity index (χ3n) is 3.45. The molecule has 0 radical (unpaired) electrons. The molecule has 4 nitrogen and oxygen atoms in total. The fourth-order valence-electron chi connectivity index (χ4n) is 2.32. The van der Waals surface area contributed by atoms with E-state index in [9.17, 15) is 9.59 Å². The molecule has 0 aromatic heterocycles. The first-order valence-corrected chi connectivity index (χ1v) is 9.17. The normalized spacial score (nSPS) is 19.4. The molecule has 21 heavy (non-hydrogen) atoms. The molecule has 2 rings (SSSR count). The SMILES string of the molecule is CSC(C(=O)N1CSCC1C(=O)N(C)C)c1ccccc1. The number of hydrogen-bond donors (Lipinski definition) is 0. The van der Waals surface area contributed by atoms with Gasteiger partial charge in [0.05, 0.1) is 5.88 Å². The number of thioether (sulfide) groups is 2. The van der Waals surface area contributed by atoms with Gasteiger partial charge in [-0.3, -0.25) is 9.59 Å². The van der Waals surface area contributed by atoms with Crippen molar-refractivity contribution in [1.82, 2.24) is 9.80 Å². The Morgan fingerprint density at radius 2 is 2.00 bits per heavy atom. The second kappa shape index (κ2) is 7.22. The molecule has 0 saturated carbocycles. The Morgan fingerprint density at radius 3 is 2.57 bits per heavy atom. The van der Waals surface area contributed by atoms with Crippen LogP contribution in [-0.4, -0.2) is 59.6 Å². The molecular formula is C15H20N2O2S2. The van der Waals surface area contributed by atoms with E-state index in [4.69, 9.17) is 0 Å². The Morgan fingerprint density at radius 1 is 1.33 bits per heavy atom. The average Bonchev–Trinajstić information content (AvgIpc) is 2.97. The molecule has 6 heteroatoms. The van der Waals surface area contributed by atoms with E-state index < -0.39 is 0 Å². The van der Waals surface area contributed by atoms with Gasteiger partial charge in [0, 0.05) is 19.8 Å². The van der Waals surface area contributed by atoms with Crippen LogP contribution in [0, 0.1) is 0 Å². The molecule has 1 fully saturated rings. The lowest BCUT2D eigenvalue weighted by Gasteiger charge is -2.28. The van der Waals surface area contributed by atoms with Crippen LogP contribution in [0.5, 0.6) is 0 Å². The topological polar surface area (TPSA) is 40.6 Å². The first-order valence-electron chi connectivity index (χ1n) is 6.73. The van der Waals surface area contributed by atoms with Gasteiger partial charge in [-0.15, -0.1) is 23.5 Å². The minimum absolute atomic E-state index is 0.00117. The van der Waals surface area contributed by atoms with Crippen molar-refractivity contribution in [3.05, 3.63) is 35.9 Å². The first-order chi connectivity index (χ1) is 10.1. The van der Waals surface area contributed by atoms with Crippen LogP contribution in [0.4, 0.5) is 0 Å². The van der Waals surface area contributed by atoms with Gasteiger partial charge in [0.15, 0.2) is 0 Å². The van der Waals surface area contributed by atoms with Gasteiger partial charge in [0.2, 0.25) is 11.8 Å². The van der Waals surface area contributed by atoms with Crippen molar-refractivity contribution in [2.75, 3.05) is 32.0 Å². The summed E-state index contributed by atoms with van der Waals surface area (Å²) in [6.45, 7) is 0. The largest absolute Gasteiger partial charge is 0.347 e. The third kappa shape index (κ3) is 3.55. The summed E-state index contributed by atoms with van der Waals surface area (Å²) in [6.07, 6.45) is 1.93. The average molecular weight is 324 g/mol. The molecule has 1 aliphatic heterocycles. The van der Waals surface area contributed by atoms with Crippen molar-refractivity contribution in [3.63, 3.8) is 0 Å². The van der Waals surface area contributed by atoms with Gasteiger partial charge in [-0.2, -0.15) is 0 Å². The monoisotopic (exact) mass is 324 g/mol. The number of benzene rings is 1. The highest BCUT2D eigenvalue weighted by Gasteiger charge is 2.38. The molecule has 1 aliphatic rings. The number of rotatable bonds is 4. The maximum absolute atomic E-state index is 12.8. The molecule has 1 saturated heterocycles. The van der Waals surface area contributed by atoms with Gasteiger partial charge >= 0.3 is 0 Å². The maximum Gasteiger partial charge on any atom is 0.245 e. The molecule has 1 heterocycles. The van der Waals surface area contributed by atoms with Gasteiger partial charge < -0.3 is 9.80 Å². The van der Waals surface area contributed by atoms with Crippen LogP contribution in [-0.2, 0) is 9.59 Å². The zero-order chi connectivity index (χ0) is 15.4. The molecule has 1 aromatic carbocycles. The maximum atomic E-state index is 12.8. The molecule has 0 bridgehead atoms. The predicted octanol–water partition coefficient (Wildman–Crippen LogP) is 2.08. The van der Waals surface area contributed by atoms with E-state index in [-0.39, 0.29) is 23.1 Å². The van der Waals surface area contributed by atoms with Crippen LogP contribution in [0.2, 0.25) is 0 Å². The Labute approximate surface area is 134 Å². The van der Waals surface area contributed by atoms with E-state index >= 15 is 0 Å². The molecule has 1 aromatic rings. The van der Waals surface area contributed by atoms with Crippen LogP contribution < -0.4 is 0 Å². The molecule has 0 aliphatic carbocycles. The van der Waals surface area contributed by atoms with E-state index in [1.54, 1.807) is 35.7 Å². The van der Waals surface area contributed by atoms with Crippen molar-refractivity contribution in [3.8, 4) is 0 Å². The van der Waals surface area contributed by atoms with Crippen molar-refractivity contribution >= 4 is 35.3 Å². The Kier molecular flexibility index (Phi) is 5.58. The highest BCUT2D eigenvalue weighted by molar-refractivity contribution is 8.00. The number of likely N-dealkylation sites (N-methyl/N-ethyl adjacent to an activating group) is 1. The number of nitrogens with zero attached hydrogens (tertiary/aromatic N) is 2. The lowest BCUT2D eigenvalue weighted by molar-refractivity contribution is -0.141. The van der Waals surface area contributed by atoms with Gasteiger partial charge in [-0.05, 0) is 11.8 Å². The van der Waals surface area contributed by atoms with E-state index in [0.29, 0.717) is 11.6 Å². The first kappa shape index (κ1) is 16.2. The summed E-state index contributed by atoms with van der Waals surface area (Å²) in [5, 5.41) is -0.248. The lowest BCUT2D eigenvalue weighted by atomic mass is 10.1. The molecule has 2 atom stereocenters. The van der Waals surface area contributed by atoms with E-state index in [1.165, 1.54) is 11.8 Å².